The summed E-state index contributed by atoms with van der Waals surface area (Å²) in [7, 11) is 7.26. The molecule has 2 unspecified atom stereocenters. The predicted molar refractivity (Wildman–Crippen MR) is 106 cm³/mol. The van der Waals surface area contributed by atoms with E-state index in [1.807, 2.05) is 48.2 Å². The molecule has 7 nitrogen and oxygen atoms in total. The molecule has 0 N–H and O–H groups in total. The Morgan fingerprint density at radius 1 is 1.11 bits per heavy atom. The van der Waals surface area contributed by atoms with E-state index in [9.17, 15) is 9.59 Å². The molecule has 0 saturated carbocycles. The first kappa shape index (κ1) is 20.6. The van der Waals surface area contributed by atoms with Gasteiger partial charge in [0.25, 0.3) is 0 Å². The summed E-state index contributed by atoms with van der Waals surface area (Å²) in [6.07, 6.45) is 0.334. The summed E-state index contributed by atoms with van der Waals surface area (Å²) in [5.41, 5.74) is 0.828. The molecule has 28 heavy (non-hydrogen) atoms. The fourth-order valence-corrected chi connectivity index (χ4v) is 4.75. The van der Waals surface area contributed by atoms with Crippen LogP contribution in [-0.2, 0) is 20.7 Å². The summed E-state index contributed by atoms with van der Waals surface area (Å²) < 4.78 is 10.4. The summed E-state index contributed by atoms with van der Waals surface area (Å²) in [4.78, 5) is 31.4. The Labute approximate surface area is 167 Å². The van der Waals surface area contributed by atoms with Gasteiger partial charge < -0.3 is 24.2 Å². The molecular formula is C21H31N3O4. The average Bonchev–Trinajstić information content (AvgIpc) is 3.15. The molecule has 1 aromatic rings. The molecule has 0 radical (unpaired) electrons. The summed E-state index contributed by atoms with van der Waals surface area (Å²) in [6, 6.07) is 7.66. The van der Waals surface area contributed by atoms with Crippen LogP contribution in [0.3, 0.4) is 0 Å². The van der Waals surface area contributed by atoms with Gasteiger partial charge in [-0.2, -0.15) is 0 Å². The van der Waals surface area contributed by atoms with E-state index in [1.54, 1.807) is 14.2 Å². The van der Waals surface area contributed by atoms with Crippen molar-refractivity contribution < 1.29 is 19.1 Å². The Morgan fingerprint density at radius 3 is 2.36 bits per heavy atom. The third kappa shape index (κ3) is 4.15. The first-order valence-electron chi connectivity index (χ1n) is 9.69. The number of carbonyl (C=O) groups is 2. The number of nitrogens with zero attached hydrogens (tertiary/aromatic N) is 3. The van der Waals surface area contributed by atoms with E-state index in [1.165, 1.54) is 0 Å². The third-order valence-corrected chi connectivity index (χ3v) is 5.90. The number of methoxy groups -OCH3 is 2. The summed E-state index contributed by atoms with van der Waals surface area (Å²) in [5, 5.41) is 0. The fourth-order valence-electron chi connectivity index (χ4n) is 4.75. The van der Waals surface area contributed by atoms with Crippen LogP contribution >= 0.6 is 0 Å². The van der Waals surface area contributed by atoms with Gasteiger partial charge in [0, 0.05) is 56.7 Å². The highest BCUT2D eigenvalue weighted by Crippen LogP contribution is 2.43. The number of hydrogen-bond donors (Lipinski definition) is 0. The van der Waals surface area contributed by atoms with Crippen molar-refractivity contribution in [2.45, 2.75) is 6.42 Å². The average molecular weight is 389 g/mol. The lowest BCUT2D eigenvalue weighted by molar-refractivity contribution is -0.135. The first-order valence-corrected chi connectivity index (χ1v) is 9.69. The highest BCUT2D eigenvalue weighted by molar-refractivity contribution is 5.80. The third-order valence-electron chi connectivity index (χ3n) is 5.90. The highest BCUT2D eigenvalue weighted by Gasteiger charge is 2.54. The molecule has 154 valence electrons. The predicted octanol–water partition coefficient (Wildman–Crippen LogP) is 0.733. The number of para-hydroxylation sites is 1. The number of carbonyl (C=O) groups excluding carboxylic acids is 2. The standard InChI is InChI=1S/C21H31N3O4/c1-22(2)13-21-14-23(10-17(21)11-24(15-21)20(26)12-27-3)19(25)9-16-7-5-6-8-18(16)28-4/h5-8,17H,9-15H2,1-4H3. The topological polar surface area (TPSA) is 62.3 Å². The molecule has 2 amide bonds. The molecule has 0 aliphatic carbocycles. The SMILES string of the molecule is COCC(=O)N1CC2CN(C(=O)Cc3ccccc3OC)CC2(CN(C)C)C1. The number of amides is 2. The van der Waals surface area contributed by atoms with Crippen LogP contribution in [0.2, 0.25) is 0 Å². The van der Waals surface area contributed by atoms with E-state index >= 15 is 0 Å². The number of rotatable bonds is 7. The minimum atomic E-state index is -0.0800. The highest BCUT2D eigenvalue weighted by atomic mass is 16.5. The summed E-state index contributed by atoms with van der Waals surface area (Å²) in [5.74, 6) is 1.18. The van der Waals surface area contributed by atoms with Crippen molar-refractivity contribution >= 4 is 11.8 Å². The molecule has 2 heterocycles. The summed E-state index contributed by atoms with van der Waals surface area (Å²) in [6.45, 7) is 3.71. The van der Waals surface area contributed by atoms with Crippen molar-refractivity contribution in [3.8, 4) is 5.75 Å². The van der Waals surface area contributed by atoms with Gasteiger partial charge in [0.15, 0.2) is 0 Å². The molecule has 0 aromatic heterocycles. The molecule has 2 aliphatic heterocycles. The van der Waals surface area contributed by atoms with Crippen LogP contribution in [0.15, 0.2) is 24.3 Å². The van der Waals surface area contributed by atoms with Crippen molar-refractivity contribution in [2.75, 3.05) is 67.6 Å². The monoisotopic (exact) mass is 389 g/mol. The minimum Gasteiger partial charge on any atom is -0.496 e. The van der Waals surface area contributed by atoms with Crippen LogP contribution in [0.4, 0.5) is 0 Å². The van der Waals surface area contributed by atoms with Gasteiger partial charge in [-0.3, -0.25) is 9.59 Å². The van der Waals surface area contributed by atoms with Crippen molar-refractivity contribution in [1.29, 1.82) is 0 Å². The van der Waals surface area contributed by atoms with Crippen LogP contribution in [0.5, 0.6) is 5.75 Å². The van der Waals surface area contributed by atoms with Gasteiger partial charge in [0.05, 0.1) is 13.5 Å². The van der Waals surface area contributed by atoms with Crippen LogP contribution in [-0.4, -0.2) is 94.2 Å². The Bertz CT molecular complexity index is 723. The zero-order valence-electron chi connectivity index (χ0n) is 17.3. The normalized spacial score (nSPS) is 24.0. The number of hydrogen-bond acceptors (Lipinski definition) is 5. The molecule has 7 heteroatoms. The molecular weight excluding hydrogens is 358 g/mol. The lowest BCUT2D eigenvalue weighted by atomic mass is 9.80. The van der Waals surface area contributed by atoms with E-state index in [0.717, 1.165) is 17.9 Å². The largest absolute Gasteiger partial charge is 0.496 e. The zero-order chi connectivity index (χ0) is 20.3. The van der Waals surface area contributed by atoms with Gasteiger partial charge in [0.2, 0.25) is 11.8 Å². The molecule has 2 atom stereocenters. The maximum absolute atomic E-state index is 13.0. The van der Waals surface area contributed by atoms with Crippen LogP contribution < -0.4 is 4.74 Å². The van der Waals surface area contributed by atoms with Gasteiger partial charge in [-0.1, -0.05) is 18.2 Å². The molecule has 1 aromatic carbocycles. The van der Waals surface area contributed by atoms with E-state index in [4.69, 9.17) is 9.47 Å². The van der Waals surface area contributed by atoms with E-state index in [-0.39, 0.29) is 29.8 Å². The van der Waals surface area contributed by atoms with Crippen LogP contribution in [0.1, 0.15) is 5.56 Å². The number of ether oxygens (including phenoxy) is 2. The van der Waals surface area contributed by atoms with E-state index in [0.29, 0.717) is 32.6 Å². The Balaban J connectivity index is 1.72. The lowest BCUT2D eigenvalue weighted by Gasteiger charge is -2.32. The number of fused-ring (bicyclic) bond motifs is 1. The van der Waals surface area contributed by atoms with Gasteiger partial charge in [-0.25, -0.2) is 0 Å². The maximum atomic E-state index is 13.0. The summed E-state index contributed by atoms with van der Waals surface area (Å²) >= 11 is 0. The number of likely N-dealkylation sites (tertiary alicyclic amines) is 2. The van der Waals surface area contributed by atoms with Crippen LogP contribution in [0, 0.1) is 11.3 Å². The zero-order valence-corrected chi connectivity index (χ0v) is 17.3. The van der Waals surface area contributed by atoms with E-state index < -0.39 is 0 Å². The number of benzene rings is 1. The van der Waals surface area contributed by atoms with Crippen molar-refractivity contribution in [3.63, 3.8) is 0 Å². The van der Waals surface area contributed by atoms with Crippen molar-refractivity contribution in [1.82, 2.24) is 14.7 Å². The second-order valence-electron chi connectivity index (χ2n) is 8.27. The lowest BCUT2D eigenvalue weighted by Crippen LogP contribution is -2.44. The van der Waals surface area contributed by atoms with Crippen LogP contribution in [0.25, 0.3) is 0 Å². The molecule has 2 fully saturated rings. The molecule has 0 spiro atoms. The molecule has 2 aliphatic rings. The molecule has 0 bridgehead atoms. The van der Waals surface area contributed by atoms with Gasteiger partial charge >= 0.3 is 0 Å². The Hall–Kier alpha value is -2.12. The van der Waals surface area contributed by atoms with E-state index in [2.05, 4.69) is 4.90 Å². The Kier molecular flexibility index (Phi) is 6.25. The second kappa shape index (κ2) is 8.49. The van der Waals surface area contributed by atoms with Crippen molar-refractivity contribution in [3.05, 3.63) is 29.8 Å². The maximum Gasteiger partial charge on any atom is 0.248 e. The first-order chi connectivity index (χ1) is 13.4. The van der Waals surface area contributed by atoms with Gasteiger partial charge in [-0.05, 0) is 20.2 Å². The van der Waals surface area contributed by atoms with Crippen molar-refractivity contribution in [2.24, 2.45) is 11.3 Å². The quantitative estimate of drug-likeness (QED) is 0.688. The fraction of sp³-hybridized carbons (Fsp3) is 0.619. The smallest absolute Gasteiger partial charge is 0.248 e. The van der Waals surface area contributed by atoms with Gasteiger partial charge in [0.1, 0.15) is 12.4 Å². The minimum absolute atomic E-state index is 0.0296. The van der Waals surface area contributed by atoms with Gasteiger partial charge in [-0.15, -0.1) is 0 Å². The molecule has 3 rings (SSSR count). The Morgan fingerprint density at radius 2 is 1.75 bits per heavy atom. The second-order valence-corrected chi connectivity index (χ2v) is 8.27. The molecule has 2 saturated heterocycles.